The molecule has 0 fully saturated rings. The fourth-order valence-corrected chi connectivity index (χ4v) is 0.862. The topological polar surface area (TPSA) is 46.2 Å². The monoisotopic (exact) mass is 125 g/mol. The highest BCUT2D eigenvalue weighted by Gasteiger charge is 2.07. The highest BCUT2D eigenvalue weighted by Crippen LogP contribution is 2.08. The lowest BCUT2D eigenvalue weighted by Crippen LogP contribution is -2.24. The van der Waals surface area contributed by atoms with Gasteiger partial charge in [-0.25, -0.2) is 0 Å². The van der Waals surface area contributed by atoms with E-state index in [9.17, 15) is 0 Å². The Bertz CT molecular complexity index is 149. The second kappa shape index (κ2) is 2.80. The maximum absolute atomic E-state index is 8.68. The second-order valence-corrected chi connectivity index (χ2v) is 2.17. The van der Waals surface area contributed by atoms with Crippen LogP contribution in [0.4, 0.5) is 0 Å². The van der Waals surface area contributed by atoms with Crippen LogP contribution in [-0.2, 0) is 0 Å². The molecule has 0 spiro atoms. The Hall–Kier alpha value is -0.600. The summed E-state index contributed by atoms with van der Waals surface area (Å²) in [5.74, 6) is 0. The summed E-state index contributed by atoms with van der Waals surface area (Å²) in [5, 5.41) is 8.68. The molecule has 0 aromatic carbocycles. The largest absolute Gasteiger partial charge is 0.392 e. The Labute approximate surface area is 54.7 Å². The van der Waals surface area contributed by atoms with Crippen LogP contribution in [-0.4, -0.2) is 17.8 Å². The zero-order chi connectivity index (χ0) is 6.69. The van der Waals surface area contributed by atoms with E-state index in [1.165, 1.54) is 0 Å². The van der Waals surface area contributed by atoms with E-state index in [1.54, 1.807) is 0 Å². The minimum atomic E-state index is 0.0417. The molecule has 0 heterocycles. The first-order valence-corrected chi connectivity index (χ1v) is 3.06. The molecule has 0 aromatic heterocycles. The van der Waals surface area contributed by atoms with Crippen molar-refractivity contribution in [2.75, 3.05) is 6.61 Å². The van der Waals surface area contributed by atoms with Gasteiger partial charge in [0.05, 0.1) is 6.61 Å². The van der Waals surface area contributed by atoms with Crippen LogP contribution in [0.2, 0.25) is 0 Å². The molecule has 3 N–H and O–H groups in total. The summed E-state index contributed by atoms with van der Waals surface area (Å²) in [4.78, 5) is 0. The molecule has 2 heteroatoms. The Balaban J connectivity index is 2.63. The van der Waals surface area contributed by atoms with Gasteiger partial charge < -0.3 is 10.8 Å². The van der Waals surface area contributed by atoms with E-state index in [-0.39, 0.29) is 12.6 Å². The zero-order valence-electron chi connectivity index (χ0n) is 5.25. The molecule has 0 saturated heterocycles. The third-order valence-electron chi connectivity index (χ3n) is 1.50. The van der Waals surface area contributed by atoms with Gasteiger partial charge in [0.2, 0.25) is 0 Å². The van der Waals surface area contributed by atoms with Crippen LogP contribution in [0.5, 0.6) is 0 Å². The molecular weight excluding hydrogens is 114 g/mol. The molecule has 50 valence electrons. The van der Waals surface area contributed by atoms with E-state index in [1.807, 2.05) is 18.2 Å². The van der Waals surface area contributed by atoms with Crippen LogP contribution >= 0.6 is 0 Å². The molecule has 9 heavy (non-hydrogen) atoms. The highest BCUT2D eigenvalue weighted by atomic mass is 16.3. The van der Waals surface area contributed by atoms with Gasteiger partial charge in [-0.1, -0.05) is 18.2 Å². The first-order valence-electron chi connectivity index (χ1n) is 3.06. The SMILES string of the molecule is NC1CC=CC=C1CO. The molecule has 0 aromatic rings. The summed E-state index contributed by atoms with van der Waals surface area (Å²) in [6.45, 7) is 0.0888. The van der Waals surface area contributed by atoms with Gasteiger partial charge in [-0.05, 0) is 12.0 Å². The lowest BCUT2D eigenvalue weighted by atomic mass is 10.0. The molecule has 0 saturated carbocycles. The van der Waals surface area contributed by atoms with Crippen LogP contribution < -0.4 is 5.73 Å². The predicted octanol–water partition coefficient (Wildman–Crippen LogP) is 0.192. The standard InChI is InChI=1S/C7H11NO/c8-7-4-2-1-3-6(7)5-9/h1-3,7,9H,4-5,8H2. The molecule has 1 aliphatic rings. The van der Waals surface area contributed by atoms with Gasteiger partial charge in [0.15, 0.2) is 0 Å². The number of rotatable bonds is 1. The van der Waals surface area contributed by atoms with E-state index in [4.69, 9.17) is 10.8 Å². The minimum Gasteiger partial charge on any atom is -0.392 e. The van der Waals surface area contributed by atoms with Crippen molar-refractivity contribution in [1.29, 1.82) is 0 Å². The van der Waals surface area contributed by atoms with Gasteiger partial charge in [-0.2, -0.15) is 0 Å². The number of hydrogen-bond acceptors (Lipinski definition) is 2. The van der Waals surface area contributed by atoms with Crippen molar-refractivity contribution in [3.63, 3.8) is 0 Å². The van der Waals surface area contributed by atoms with Crippen LogP contribution in [0.15, 0.2) is 23.8 Å². The minimum absolute atomic E-state index is 0.0417. The van der Waals surface area contributed by atoms with E-state index in [0.29, 0.717) is 0 Å². The summed E-state index contributed by atoms with van der Waals surface area (Å²) in [6, 6.07) is 0.0417. The maximum atomic E-state index is 8.68. The third-order valence-corrected chi connectivity index (χ3v) is 1.50. The molecular formula is C7H11NO. The summed E-state index contributed by atoms with van der Waals surface area (Å²) < 4.78 is 0. The summed E-state index contributed by atoms with van der Waals surface area (Å²) >= 11 is 0. The predicted molar refractivity (Wildman–Crippen MR) is 36.9 cm³/mol. The van der Waals surface area contributed by atoms with Gasteiger partial charge >= 0.3 is 0 Å². The van der Waals surface area contributed by atoms with Gasteiger partial charge in [0, 0.05) is 6.04 Å². The van der Waals surface area contributed by atoms with Gasteiger partial charge in [0.25, 0.3) is 0 Å². The Kier molecular flexibility index (Phi) is 2.03. The molecule has 0 amide bonds. The highest BCUT2D eigenvalue weighted by molar-refractivity contribution is 5.23. The number of nitrogens with two attached hydrogens (primary N) is 1. The number of hydrogen-bond donors (Lipinski definition) is 2. The molecule has 1 atom stereocenters. The van der Waals surface area contributed by atoms with Crippen molar-refractivity contribution in [3.8, 4) is 0 Å². The Morgan fingerprint density at radius 3 is 3.00 bits per heavy atom. The van der Waals surface area contributed by atoms with Crippen molar-refractivity contribution in [1.82, 2.24) is 0 Å². The molecule has 1 unspecified atom stereocenters. The lowest BCUT2D eigenvalue weighted by Gasteiger charge is -2.13. The second-order valence-electron chi connectivity index (χ2n) is 2.17. The van der Waals surface area contributed by atoms with Crippen LogP contribution in [0.3, 0.4) is 0 Å². The quantitative estimate of drug-likeness (QED) is 0.525. The van der Waals surface area contributed by atoms with E-state index < -0.39 is 0 Å². The van der Waals surface area contributed by atoms with Crippen LogP contribution in [0, 0.1) is 0 Å². The van der Waals surface area contributed by atoms with Gasteiger partial charge in [0.1, 0.15) is 0 Å². The Morgan fingerprint density at radius 1 is 1.78 bits per heavy atom. The lowest BCUT2D eigenvalue weighted by molar-refractivity contribution is 0.322. The molecule has 2 nitrogen and oxygen atoms in total. The van der Waals surface area contributed by atoms with Gasteiger partial charge in [-0.15, -0.1) is 0 Å². The first-order chi connectivity index (χ1) is 4.34. The van der Waals surface area contributed by atoms with Crippen LogP contribution in [0.25, 0.3) is 0 Å². The van der Waals surface area contributed by atoms with Crippen molar-refractivity contribution < 1.29 is 5.11 Å². The van der Waals surface area contributed by atoms with E-state index in [0.717, 1.165) is 12.0 Å². The zero-order valence-corrected chi connectivity index (χ0v) is 5.25. The fraction of sp³-hybridized carbons (Fsp3) is 0.429. The van der Waals surface area contributed by atoms with Gasteiger partial charge in [-0.3, -0.25) is 0 Å². The molecule has 0 radical (unpaired) electrons. The number of aliphatic hydroxyl groups excluding tert-OH is 1. The number of allylic oxidation sites excluding steroid dienone is 2. The van der Waals surface area contributed by atoms with E-state index >= 15 is 0 Å². The summed E-state index contributed by atoms with van der Waals surface area (Å²) in [6.07, 6.45) is 6.65. The first kappa shape index (κ1) is 6.52. The van der Waals surface area contributed by atoms with Crippen molar-refractivity contribution in [3.05, 3.63) is 23.8 Å². The molecule has 0 aliphatic heterocycles. The summed E-state index contributed by atoms with van der Waals surface area (Å²) in [5.41, 5.74) is 6.54. The fourth-order valence-electron chi connectivity index (χ4n) is 0.862. The average Bonchev–Trinajstić information content (AvgIpc) is 1.89. The molecule has 1 rings (SSSR count). The average molecular weight is 125 g/mol. The normalized spacial score (nSPS) is 26.0. The van der Waals surface area contributed by atoms with Crippen LogP contribution in [0.1, 0.15) is 6.42 Å². The Morgan fingerprint density at radius 2 is 2.56 bits per heavy atom. The van der Waals surface area contributed by atoms with Crippen molar-refractivity contribution in [2.45, 2.75) is 12.5 Å². The number of aliphatic hydroxyl groups is 1. The van der Waals surface area contributed by atoms with Crippen molar-refractivity contribution in [2.24, 2.45) is 5.73 Å². The molecule has 0 bridgehead atoms. The maximum Gasteiger partial charge on any atom is 0.0659 e. The third kappa shape index (κ3) is 1.40. The summed E-state index contributed by atoms with van der Waals surface area (Å²) in [7, 11) is 0. The van der Waals surface area contributed by atoms with E-state index in [2.05, 4.69) is 0 Å². The smallest absolute Gasteiger partial charge is 0.0659 e. The molecule has 1 aliphatic carbocycles. The van der Waals surface area contributed by atoms with Crippen molar-refractivity contribution >= 4 is 0 Å².